The lowest BCUT2D eigenvalue weighted by Gasteiger charge is -2.24. The number of ketones is 1. The van der Waals surface area contributed by atoms with E-state index in [0.717, 1.165) is 18.5 Å². The van der Waals surface area contributed by atoms with E-state index >= 15 is 0 Å². The van der Waals surface area contributed by atoms with Crippen molar-refractivity contribution in [1.82, 2.24) is 0 Å². The number of rotatable bonds is 5. The van der Waals surface area contributed by atoms with Crippen LogP contribution in [0.25, 0.3) is 0 Å². The standard InChI is InChI=1S/C13H18N2O2/c1-9(17)12-5-4-11(8-13(12)14)15(6-7-16)10-2-3-10/h4-5,8,10,16H,2-3,6-7,14H2,1H3. The van der Waals surface area contributed by atoms with Crippen molar-refractivity contribution in [3.8, 4) is 0 Å². The van der Waals surface area contributed by atoms with Gasteiger partial charge in [0.2, 0.25) is 0 Å². The van der Waals surface area contributed by atoms with Gasteiger partial charge in [-0.25, -0.2) is 0 Å². The molecule has 0 unspecified atom stereocenters. The van der Waals surface area contributed by atoms with Crippen molar-refractivity contribution in [3.63, 3.8) is 0 Å². The first-order valence-corrected chi connectivity index (χ1v) is 5.91. The summed E-state index contributed by atoms with van der Waals surface area (Å²) >= 11 is 0. The molecule has 0 aromatic heterocycles. The molecule has 4 heteroatoms. The fraction of sp³-hybridized carbons (Fsp3) is 0.462. The van der Waals surface area contributed by atoms with E-state index in [0.29, 0.717) is 23.8 Å². The number of carbonyl (C=O) groups is 1. The lowest BCUT2D eigenvalue weighted by molar-refractivity contribution is 0.101. The highest BCUT2D eigenvalue weighted by Gasteiger charge is 2.29. The number of hydrogen-bond donors (Lipinski definition) is 2. The average molecular weight is 234 g/mol. The third-order valence-corrected chi connectivity index (χ3v) is 3.07. The quantitative estimate of drug-likeness (QED) is 0.597. The molecule has 1 aliphatic rings. The molecule has 2 rings (SSSR count). The van der Waals surface area contributed by atoms with Crippen LogP contribution >= 0.6 is 0 Å². The maximum atomic E-state index is 11.3. The van der Waals surface area contributed by atoms with Gasteiger partial charge in [-0.3, -0.25) is 4.79 Å². The van der Waals surface area contributed by atoms with Gasteiger partial charge in [0.25, 0.3) is 0 Å². The lowest BCUT2D eigenvalue weighted by atomic mass is 10.1. The lowest BCUT2D eigenvalue weighted by Crippen LogP contribution is -2.29. The van der Waals surface area contributed by atoms with E-state index in [-0.39, 0.29) is 12.4 Å². The van der Waals surface area contributed by atoms with Crippen LogP contribution in [-0.4, -0.2) is 30.1 Å². The molecule has 0 atom stereocenters. The van der Waals surface area contributed by atoms with E-state index in [1.807, 2.05) is 12.1 Å². The minimum absolute atomic E-state index is 0.0193. The van der Waals surface area contributed by atoms with Crippen LogP contribution in [0.1, 0.15) is 30.1 Å². The number of nitrogens with zero attached hydrogens (tertiary/aromatic N) is 1. The summed E-state index contributed by atoms with van der Waals surface area (Å²) in [5.74, 6) is -0.0193. The largest absolute Gasteiger partial charge is 0.398 e. The second-order valence-electron chi connectivity index (χ2n) is 4.48. The Morgan fingerprint density at radius 2 is 2.24 bits per heavy atom. The zero-order valence-corrected chi connectivity index (χ0v) is 10.0. The number of hydrogen-bond acceptors (Lipinski definition) is 4. The van der Waals surface area contributed by atoms with Gasteiger partial charge in [0.1, 0.15) is 0 Å². The first-order valence-electron chi connectivity index (χ1n) is 5.91. The zero-order valence-electron chi connectivity index (χ0n) is 10.0. The van der Waals surface area contributed by atoms with Crippen molar-refractivity contribution in [2.45, 2.75) is 25.8 Å². The minimum atomic E-state index is -0.0193. The number of anilines is 2. The predicted octanol–water partition coefficient (Wildman–Crippen LogP) is 1.43. The smallest absolute Gasteiger partial charge is 0.161 e. The van der Waals surface area contributed by atoms with Crippen molar-refractivity contribution in [2.75, 3.05) is 23.8 Å². The van der Waals surface area contributed by atoms with Crippen molar-refractivity contribution in [3.05, 3.63) is 23.8 Å². The SMILES string of the molecule is CC(=O)c1ccc(N(CCO)C2CC2)cc1N. The Hall–Kier alpha value is -1.55. The Bertz CT molecular complexity index is 427. The highest BCUT2D eigenvalue weighted by molar-refractivity contribution is 5.99. The Kier molecular flexibility index (Phi) is 3.33. The number of Topliss-reactive ketones (excluding diaryl/α,β-unsaturated/α-hetero) is 1. The van der Waals surface area contributed by atoms with Gasteiger partial charge in [-0.15, -0.1) is 0 Å². The van der Waals surface area contributed by atoms with Crippen molar-refractivity contribution in [1.29, 1.82) is 0 Å². The predicted molar refractivity (Wildman–Crippen MR) is 68.3 cm³/mol. The van der Waals surface area contributed by atoms with Gasteiger partial charge >= 0.3 is 0 Å². The molecular formula is C13H18N2O2. The number of carbonyl (C=O) groups excluding carboxylic acids is 1. The molecule has 0 heterocycles. The minimum Gasteiger partial charge on any atom is -0.398 e. The second-order valence-corrected chi connectivity index (χ2v) is 4.48. The molecule has 0 bridgehead atoms. The van der Waals surface area contributed by atoms with E-state index in [4.69, 9.17) is 10.8 Å². The summed E-state index contributed by atoms with van der Waals surface area (Å²) in [6, 6.07) is 6.01. The number of nitrogens with two attached hydrogens (primary N) is 1. The Morgan fingerprint density at radius 1 is 1.53 bits per heavy atom. The molecule has 1 aromatic rings. The summed E-state index contributed by atoms with van der Waals surface area (Å²) in [6.45, 7) is 2.26. The molecule has 0 aliphatic heterocycles. The topological polar surface area (TPSA) is 66.6 Å². The van der Waals surface area contributed by atoms with Gasteiger partial charge in [-0.05, 0) is 38.0 Å². The summed E-state index contributed by atoms with van der Waals surface area (Å²) in [5, 5.41) is 9.06. The Morgan fingerprint density at radius 3 is 2.71 bits per heavy atom. The van der Waals surface area contributed by atoms with E-state index in [1.54, 1.807) is 6.07 Å². The van der Waals surface area contributed by atoms with Gasteiger partial charge in [-0.2, -0.15) is 0 Å². The first-order chi connectivity index (χ1) is 8.13. The monoisotopic (exact) mass is 234 g/mol. The Labute approximate surface area is 101 Å². The molecule has 1 aliphatic carbocycles. The molecule has 1 fully saturated rings. The molecule has 0 saturated heterocycles. The molecule has 0 radical (unpaired) electrons. The normalized spacial score (nSPS) is 14.7. The summed E-state index contributed by atoms with van der Waals surface area (Å²) in [7, 11) is 0. The van der Waals surface area contributed by atoms with Gasteiger partial charge in [0.15, 0.2) is 5.78 Å². The van der Waals surface area contributed by atoms with E-state index < -0.39 is 0 Å². The summed E-state index contributed by atoms with van der Waals surface area (Å²) < 4.78 is 0. The number of nitrogen functional groups attached to an aromatic ring is 1. The van der Waals surface area contributed by atoms with Crippen molar-refractivity contribution >= 4 is 17.2 Å². The van der Waals surface area contributed by atoms with Gasteiger partial charge in [0, 0.05) is 29.5 Å². The third-order valence-electron chi connectivity index (χ3n) is 3.07. The zero-order chi connectivity index (χ0) is 12.4. The molecular weight excluding hydrogens is 216 g/mol. The molecule has 1 aromatic carbocycles. The first kappa shape index (κ1) is 11.9. The van der Waals surface area contributed by atoms with Crippen LogP contribution in [0.15, 0.2) is 18.2 Å². The van der Waals surface area contributed by atoms with E-state index in [9.17, 15) is 4.79 Å². The Balaban J connectivity index is 2.25. The molecule has 1 saturated carbocycles. The second kappa shape index (κ2) is 4.75. The molecule has 92 valence electrons. The summed E-state index contributed by atoms with van der Waals surface area (Å²) in [6.07, 6.45) is 2.32. The number of aliphatic hydroxyl groups excluding tert-OH is 1. The third kappa shape index (κ3) is 2.58. The molecule has 3 N–H and O–H groups in total. The average Bonchev–Trinajstić information content (AvgIpc) is 3.09. The van der Waals surface area contributed by atoms with Gasteiger partial charge < -0.3 is 15.7 Å². The van der Waals surface area contributed by atoms with E-state index in [2.05, 4.69) is 4.90 Å². The maximum absolute atomic E-state index is 11.3. The van der Waals surface area contributed by atoms with Crippen LogP contribution in [0, 0.1) is 0 Å². The van der Waals surface area contributed by atoms with Crippen LogP contribution in [0.3, 0.4) is 0 Å². The van der Waals surface area contributed by atoms with Gasteiger partial charge in [-0.1, -0.05) is 0 Å². The van der Waals surface area contributed by atoms with E-state index in [1.165, 1.54) is 6.92 Å². The fourth-order valence-corrected chi connectivity index (χ4v) is 2.07. The van der Waals surface area contributed by atoms with Crippen LogP contribution in [0.5, 0.6) is 0 Å². The number of aliphatic hydroxyl groups is 1. The van der Waals surface area contributed by atoms with Crippen LogP contribution in [0.2, 0.25) is 0 Å². The fourth-order valence-electron chi connectivity index (χ4n) is 2.07. The van der Waals surface area contributed by atoms with Gasteiger partial charge in [0.05, 0.1) is 6.61 Å². The molecule has 0 amide bonds. The summed E-state index contributed by atoms with van der Waals surface area (Å²) in [4.78, 5) is 13.4. The number of benzene rings is 1. The highest BCUT2D eigenvalue weighted by Crippen LogP contribution is 2.32. The van der Waals surface area contributed by atoms with Crippen LogP contribution in [0.4, 0.5) is 11.4 Å². The summed E-state index contributed by atoms with van der Waals surface area (Å²) in [5.41, 5.74) is 7.93. The van der Waals surface area contributed by atoms with Crippen molar-refractivity contribution < 1.29 is 9.90 Å². The highest BCUT2D eigenvalue weighted by atomic mass is 16.3. The molecule has 0 spiro atoms. The van der Waals surface area contributed by atoms with Crippen LogP contribution in [-0.2, 0) is 0 Å². The molecule has 17 heavy (non-hydrogen) atoms. The molecule has 4 nitrogen and oxygen atoms in total. The van der Waals surface area contributed by atoms with Crippen LogP contribution < -0.4 is 10.6 Å². The maximum Gasteiger partial charge on any atom is 0.161 e. The van der Waals surface area contributed by atoms with Crippen molar-refractivity contribution in [2.24, 2.45) is 0 Å².